The molecule has 8 nitrogen and oxygen atoms in total. The molecule has 0 bridgehead atoms. The third-order valence-corrected chi connectivity index (χ3v) is 2.79. The minimum absolute atomic E-state index is 0.232. The van der Waals surface area contributed by atoms with Crippen molar-refractivity contribution in [2.24, 2.45) is 0 Å². The molecule has 0 radical (unpaired) electrons. The van der Waals surface area contributed by atoms with Crippen molar-refractivity contribution in [1.29, 1.82) is 0 Å². The molecular formula is C13H11N7O. The Balaban J connectivity index is 1.74. The van der Waals surface area contributed by atoms with Crippen LogP contribution in [0.1, 0.15) is 10.4 Å². The number of carbonyl (C=O) groups excluding carboxylic acids is 1. The van der Waals surface area contributed by atoms with E-state index in [0.29, 0.717) is 17.1 Å². The number of carbonyl (C=O) groups is 1. The maximum absolute atomic E-state index is 12.1. The van der Waals surface area contributed by atoms with Crippen molar-refractivity contribution in [3.05, 3.63) is 54.5 Å². The molecule has 3 rings (SSSR count). The minimum atomic E-state index is -0.232. The van der Waals surface area contributed by atoms with E-state index in [9.17, 15) is 4.79 Å². The number of anilines is 2. The summed E-state index contributed by atoms with van der Waals surface area (Å²) in [6.45, 7) is 0. The smallest absolute Gasteiger partial charge is 0.255 e. The molecule has 0 fully saturated rings. The zero-order valence-electron chi connectivity index (χ0n) is 10.8. The van der Waals surface area contributed by atoms with Crippen LogP contribution in [0.4, 0.5) is 11.5 Å². The van der Waals surface area contributed by atoms with Crippen molar-refractivity contribution in [3.8, 4) is 5.69 Å². The Morgan fingerprint density at radius 1 is 1.14 bits per heavy atom. The molecule has 0 saturated heterocycles. The molecule has 3 aromatic rings. The number of aromatic nitrogens is 5. The Bertz CT molecular complexity index is 735. The Morgan fingerprint density at radius 3 is 2.57 bits per heavy atom. The van der Waals surface area contributed by atoms with Gasteiger partial charge in [-0.25, -0.2) is 9.67 Å². The summed E-state index contributed by atoms with van der Waals surface area (Å²) >= 11 is 0. The summed E-state index contributed by atoms with van der Waals surface area (Å²) in [7, 11) is 0. The molecule has 0 atom stereocenters. The lowest BCUT2D eigenvalue weighted by molar-refractivity contribution is 0.102. The summed E-state index contributed by atoms with van der Waals surface area (Å²) in [5.41, 5.74) is 7.36. The van der Waals surface area contributed by atoms with Gasteiger partial charge in [-0.05, 0) is 46.8 Å². The first-order chi connectivity index (χ1) is 10.2. The van der Waals surface area contributed by atoms with Crippen LogP contribution >= 0.6 is 0 Å². The van der Waals surface area contributed by atoms with Gasteiger partial charge >= 0.3 is 0 Å². The van der Waals surface area contributed by atoms with Gasteiger partial charge in [0.15, 0.2) is 0 Å². The van der Waals surface area contributed by atoms with Gasteiger partial charge < -0.3 is 11.1 Å². The highest BCUT2D eigenvalue weighted by molar-refractivity contribution is 6.04. The van der Waals surface area contributed by atoms with E-state index in [1.165, 1.54) is 17.2 Å². The van der Waals surface area contributed by atoms with Gasteiger partial charge in [0.05, 0.1) is 17.6 Å². The average molecular weight is 281 g/mol. The van der Waals surface area contributed by atoms with Crippen LogP contribution < -0.4 is 11.1 Å². The van der Waals surface area contributed by atoms with Crippen LogP contribution in [0, 0.1) is 0 Å². The van der Waals surface area contributed by atoms with Crippen molar-refractivity contribution in [3.63, 3.8) is 0 Å². The van der Waals surface area contributed by atoms with Gasteiger partial charge in [0.25, 0.3) is 5.91 Å². The van der Waals surface area contributed by atoms with E-state index >= 15 is 0 Å². The number of tetrazole rings is 1. The summed E-state index contributed by atoms with van der Waals surface area (Å²) in [6.07, 6.45) is 2.98. The largest absolute Gasteiger partial charge is 0.384 e. The normalized spacial score (nSPS) is 10.3. The monoisotopic (exact) mass is 281 g/mol. The molecule has 0 saturated carbocycles. The molecule has 8 heteroatoms. The third-order valence-electron chi connectivity index (χ3n) is 2.79. The van der Waals surface area contributed by atoms with Crippen LogP contribution in [-0.4, -0.2) is 31.1 Å². The highest BCUT2D eigenvalue weighted by Crippen LogP contribution is 2.11. The first-order valence-corrected chi connectivity index (χ1v) is 6.09. The summed E-state index contributed by atoms with van der Waals surface area (Å²) in [4.78, 5) is 16.0. The summed E-state index contributed by atoms with van der Waals surface area (Å²) in [5, 5.41) is 13.6. The molecule has 21 heavy (non-hydrogen) atoms. The van der Waals surface area contributed by atoms with Crippen LogP contribution in [0.2, 0.25) is 0 Å². The number of hydrogen-bond donors (Lipinski definition) is 2. The van der Waals surface area contributed by atoms with E-state index in [2.05, 4.69) is 25.8 Å². The summed E-state index contributed by atoms with van der Waals surface area (Å²) in [5.74, 6) is 0.170. The first-order valence-electron chi connectivity index (χ1n) is 6.09. The number of nitrogens with one attached hydrogen (secondary N) is 1. The van der Waals surface area contributed by atoms with Gasteiger partial charge in [0.1, 0.15) is 12.1 Å². The second-order valence-electron chi connectivity index (χ2n) is 4.23. The van der Waals surface area contributed by atoms with Crippen molar-refractivity contribution in [1.82, 2.24) is 25.2 Å². The molecule has 1 aromatic carbocycles. The van der Waals surface area contributed by atoms with E-state index in [4.69, 9.17) is 5.73 Å². The second-order valence-corrected chi connectivity index (χ2v) is 4.23. The van der Waals surface area contributed by atoms with Gasteiger partial charge in [-0.1, -0.05) is 0 Å². The lowest BCUT2D eigenvalue weighted by atomic mass is 10.2. The first kappa shape index (κ1) is 12.7. The lowest BCUT2D eigenvalue weighted by Crippen LogP contribution is -2.12. The van der Waals surface area contributed by atoms with Gasteiger partial charge in [-0.3, -0.25) is 4.79 Å². The van der Waals surface area contributed by atoms with Crippen LogP contribution in [0.3, 0.4) is 0 Å². The van der Waals surface area contributed by atoms with Crippen molar-refractivity contribution in [2.45, 2.75) is 0 Å². The maximum Gasteiger partial charge on any atom is 0.255 e. The molecule has 0 unspecified atom stereocenters. The van der Waals surface area contributed by atoms with Crippen LogP contribution in [0.5, 0.6) is 0 Å². The minimum Gasteiger partial charge on any atom is -0.384 e. The third kappa shape index (κ3) is 2.84. The van der Waals surface area contributed by atoms with E-state index in [1.807, 2.05) is 0 Å². The van der Waals surface area contributed by atoms with Gasteiger partial charge in [0.2, 0.25) is 0 Å². The SMILES string of the molecule is Nc1ccc(NC(=O)c2ccc(-n3cnnn3)cc2)cn1. The predicted octanol–water partition coefficient (Wildman–Crippen LogP) is 0.892. The van der Waals surface area contributed by atoms with E-state index < -0.39 is 0 Å². The fourth-order valence-electron chi connectivity index (χ4n) is 1.73. The predicted molar refractivity (Wildman–Crippen MR) is 75.8 cm³/mol. The van der Waals surface area contributed by atoms with Crippen LogP contribution in [-0.2, 0) is 0 Å². The van der Waals surface area contributed by atoms with Crippen molar-refractivity contribution >= 4 is 17.4 Å². The molecule has 0 aliphatic carbocycles. The number of hydrogen-bond acceptors (Lipinski definition) is 6. The molecule has 3 N–H and O–H groups in total. The highest BCUT2D eigenvalue weighted by atomic mass is 16.1. The average Bonchev–Trinajstić information content (AvgIpc) is 3.04. The quantitative estimate of drug-likeness (QED) is 0.737. The molecule has 2 heterocycles. The summed E-state index contributed by atoms with van der Waals surface area (Å²) in [6, 6.07) is 10.2. The fraction of sp³-hybridized carbons (Fsp3) is 0. The van der Waals surface area contributed by atoms with Gasteiger partial charge in [0, 0.05) is 5.56 Å². The number of nitrogens with zero attached hydrogens (tertiary/aromatic N) is 5. The highest BCUT2D eigenvalue weighted by Gasteiger charge is 2.07. The Kier molecular flexibility index (Phi) is 3.26. The number of nitrogen functional groups attached to an aromatic ring is 1. The zero-order chi connectivity index (χ0) is 14.7. The van der Waals surface area contributed by atoms with E-state index in [1.54, 1.807) is 36.4 Å². The van der Waals surface area contributed by atoms with E-state index in [0.717, 1.165) is 5.69 Å². The number of rotatable bonds is 3. The Hall–Kier alpha value is -3.29. The second kappa shape index (κ2) is 5.37. The molecule has 0 aliphatic heterocycles. The van der Waals surface area contributed by atoms with Crippen molar-refractivity contribution in [2.75, 3.05) is 11.1 Å². The zero-order valence-corrected chi connectivity index (χ0v) is 10.8. The topological polar surface area (TPSA) is 112 Å². The van der Waals surface area contributed by atoms with Gasteiger partial charge in [-0.2, -0.15) is 0 Å². The molecule has 0 aliphatic rings. The standard InChI is InChI=1S/C13H11N7O/c14-12-6-3-10(7-15-12)17-13(21)9-1-4-11(5-2-9)20-8-16-18-19-20/h1-8H,(H2,14,15)(H,17,21). The van der Waals surface area contributed by atoms with E-state index in [-0.39, 0.29) is 5.91 Å². The Labute approximate surface area is 119 Å². The van der Waals surface area contributed by atoms with Crippen molar-refractivity contribution < 1.29 is 4.79 Å². The molecule has 0 spiro atoms. The number of pyridine rings is 1. The fourth-order valence-corrected chi connectivity index (χ4v) is 1.73. The van der Waals surface area contributed by atoms with Gasteiger partial charge in [-0.15, -0.1) is 5.10 Å². The molecule has 2 aromatic heterocycles. The Morgan fingerprint density at radius 2 is 1.95 bits per heavy atom. The molecular weight excluding hydrogens is 270 g/mol. The number of amides is 1. The maximum atomic E-state index is 12.1. The number of benzene rings is 1. The lowest BCUT2D eigenvalue weighted by Gasteiger charge is -2.06. The number of nitrogens with two attached hydrogens (primary N) is 1. The summed E-state index contributed by atoms with van der Waals surface area (Å²) < 4.78 is 1.51. The van der Waals surface area contributed by atoms with Crippen LogP contribution in [0.25, 0.3) is 5.69 Å². The van der Waals surface area contributed by atoms with Crippen LogP contribution in [0.15, 0.2) is 48.9 Å². The molecule has 104 valence electrons. The molecule has 1 amide bonds.